The number of hydrogen-bond donors (Lipinski definition) is 2. The van der Waals surface area contributed by atoms with Crippen LogP contribution in [0.3, 0.4) is 0 Å². The molecule has 0 spiro atoms. The van der Waals surface area contributed by atoms with Gasteiger partial charge < -0.3 is 10.6 Å². The number of nitrogens with one attached hydrogen (secondary N) is 2. The van der Waals surface area contributed by atoms with Crippen molar-refractivity contribution < 1.29 is 4.39 Å². The number of benzene rings is 2. The van der Waals surface area contributed by atoms with Crippen molar-refractivity contribution in [2.75, 3.05) is 23.7 Å². The summed E-state index contributed by atoms with van der Waals surface area (Å²) in [6, 6.07) is 14.2. The van der Waals surface area contributed by atoms with Crippen LogP contribution in [0, 0.1) is 5.82 Å². The molecule has 0 radical (unpaired) electrons. The molecule has 1 aromatic heterocycles. The van der Waals surface area contributed by atoms with Crippen LogP contribution in [0.1, 0.15) is 11.1 Å². The molecule has 2 aromatic carbocycles. The Morgan fingerprint density at radius 1 is 0.923 bits per heavy atom. The van der Waals surface area contributed by atoms with Crippen LogP contribution in [-0.4, -0.2) is 28.3 Å². The van der Waals surface area contributed by atoms with Gasteiger partial charge in [-0.3, -0.25) is 0 Å². The molecule has 134 valence electrons. The lowest BCUT2D eigenvalue weighted by atomic mass is 10.1. The molecule has 0 aliphatic carbocycles. The normalized spacial score (nSPS) is 10.5. The zero-order chi connectivity index (χ0) is 18.2. The van der Waals surface area contributed by atoms with Crippen molar-refractivity contribution in [1.82, 2.24) is 15.2 Å². The molecule has 0 saturated heterocycles. The van der Waals surface area contributed by atoms with E-state index in [9.17, 15) is 4.39 Å². The van der Waals surface area contributed by atoms with Gasteiger partial charge in [-0.25, -0.2) is 4.39 Å². The molecular weight excluding hydrogens is 353 g/mol. The van der Waals surface area contributed by atoms with Gasteiger partial charge in [0.25, 0.3) is 0 Å². The van der Waals surface area contributed by atoms with Crippen molar-refractivity contribution in [3.63, 3.8) is 0 Å². The minimum Gasteiger partial charge on any atom is -0.368 e. The van der Waals surface area contributed by atoms with E-state index in [1.165, 1.54) is 12.1 Å². The van der Waals surface area contributed by atoms with Crippen LogP contribution in [0.4, 0.5) is 16.2 Å². The minimum atomic E-state index is -0.227. The first-order chi connectivity index (χ1) is 12.7. The van der Waals surface area contributed by atoms with Crippen LogP contribution in [0.25, 0.3) is 0 Å². The molecular formula is C19H19ClFN5. The van der Waals surface area contributed by atoms with Crippen LogP contribution in [-0.2, 0) is 12.8 Å². The number of rotatable bonds is 8. The predicted octanol–water partition coefficient (Wildman–Crippen LogP) is 3.97. The van der Waals surface area contributed by atoms with Crippen molar-refractivity contribution in [3.8, 4) is 0 Å². The molecule has 0 aliphatic rings. The molecule has 26 heavy (non-hydrogen) atoms. The Balaban J connectivity index is 1.46. The molecule has 0 fully saturated rings. The maximum atomic E-state index is 12.9. The number of hydrogen-bond acceptors (Lipinski definition) is 5. The van der Waals surface area contributed by atoms with Crippen molar-refractivity contribution in [2.45, 2.75) is 12.8 Å². The zero-order valence-corrected chi connectivity index (χ0v) is 14.9. The molecule has 2 N–H and O–H groups in total. The second kappa shape index (κ2) is 9.10. The maximum Gasteiger partial charge on any atom is 0.244 e. The standard InChI is InChI=1S/C19H19ClFN5/c20-16-3-1-2-15(12-16)9-11-23-19-25-18(13-24-26-19)22-10-8-14-4-6-17(21)7-5-14/h1-7,12-13H,8-11H2,(H2,22,23,25,26). The molecule has 7 heteroatoms. The van der Waals surface area contributed by atoms with Gasteiger partial charge in [0.1, 0.15) is 5.82 Å². The summed E-state index contributed by atoms with van der Waals surface area (Å²) in [4.78, 5) is 4.38. The monoisotopic (exact) mass is 371 g/mol. The van der Waals surface area contributed by atoms with E-state index < -0.39 is 0 Å². The average Bonchev–Trinajstić information content (AvgIpc) is 2.64. The van der Waals surface area contributed by atoms with E-state index in [-0.39, 0.29) is 5.82 Å². The highest BCUT2D eigenvalue weighted by Gasteiger charge is 2.01. The van der Waals surface area contributed by atoms with Crippen molar-refractivity contribution in [2.24, 2.45) is 0 Å². The van der Waals surface area contributed by atoms with Crippen LogP contribution >= 0.6 is 11.6 Å². The summed E-state index contributed by atoms with van der Waals surface area (Å²) in [6.07, 6.45) is 3.15. The fourth-order valence-electron chi connectivity index (χ4n) is 2.46. The number of nitrogens with zero attached hydrogens (tertiary/aromatic N) is 3. The summed E-state index contributed by atoms with van der Waals surface area (Å²) in [5.74, 6) is 0.890. The highest BCUT2D eigenvalue weighted by molar-refractivity contribution is 6.30. The first-order valence-electron chi connectivity index (χ1n) is 8.35. The number of anilines is 2. The summed E-state index contributed by atoms with van der Waals surface area (Å²) in [5, 5.41) is 15.0. The summed E-state index contributed by atoms with van der Waals surface area (Å²) in [7, 11) is 0. The molecule has 0 unspecified atom stereocenters. The zero-order valence-electron chi connectivity index (χ0n) is 14.1. The molecule has 3 rings (SSSR count). The molecule has 1 heterocycles. The fourth-order valence-corrected chi connectivity index (χ4v) is 2.67. The van der Waals surface area contributed by atoms with Crippen molar-refractivity contribution >= 4 is 23.4 Å². The third-order valence-corrected chi connectivity index (χ3v) is 4.01. The van der Waals surface area contributed by atoms with Crippen molar-refractivity contribution in [3.05, 3.63) is 76.7 Å². The summed E-state index contributed by atoms with van der Waals surface area (Å²) in [6.45, 7) is 1.35. The molecule has 3 aromatic rings. The van der Waals surface area contributed by atoms with Gasteiger partial charge in [-0.1, -0.05) is 35.9 Å². The van der Waals surface area contributed by atoms with E-state index in [1.54, 1.807) is 18.3 Å². The smallest absolute Gasteiger partial charge is 0.244 e. The Bertz CT molecular complexity index is 841. The van der Waals surface area contributed by atoms with Crippen LogP contribution in [0.5, 0.6) is 0 Å². The minimum absolute atomic E-state index is 0.227. The second-order valence-electron chi connectivity index (χ2n) is 5.78. The Hall–Kier alpha value is -2.73. The number of halogens is 2. The quantitative estimate of drug-likeness (QED) is 0.627. The molecule has 0 aliphatic heterocycles. The SMILES string of the molecule is Fc1ccc(CCNc2cnnc(NCCc3cccc(Cl)c3)n2)cc1. The van der Waals surface area contributed by atoms with E-state index in [1.807, 2.05) is 24.3 Å². The summed E-state index contributed by atoms with van der Waals surface area (Å²) < 4.78 is 12.9. The Labute approximate surface area is 156 Å². The van der Waals surface area contributed by atoms with Gasteiger partial charge >= 0.3 is 0 Å². The average molecular weight is 372 g/mol. The molecule has 0 amide bonds. The van der Waals surface area contributed by atoms with Gasteiger partial charge in [0, 0.05) is 18.1 Å². The summed E-state index contributed by atoms with van der Waals surface area (Å²) >= 11 is 5.98. The lowest BCUT2D eigenvalue weighted by Gasteiger charge is -2.08. The van der Waals surface area contributed by atoms with Gasteiger partial charge in [-0.2, -0.15) is 10.1 Å². The van der Waals surface area contributed by atoms with Gasteiger partial charge in [0.15, 0.2) is 5.82 Å². The Morgan fingerprint density at radius 2 is 1.69 bits per heavy atom. The lowest BCUT2D eigenvalue weighted by Crippen LogP contribution is -2.12. The highest BCUT2D eigenvalue weighted by Crippen LogP contribution is 2.11. The largest absolute Gasteiger partial charge is 0.368 e. The Morgan fingerprint density at radius 3 is 2.50 bits per heavy atom. The van der Waals surface area contributed by atoms with E-state index in [0.717, 1.165) is 29.0 Å². The van der Waals surface area contributed by atoms with Crippen LogP contribution < -0.4 is 10.6 Å². The molecule has 0 atom stereocenters. The fraction of sp³-hybridized carbons (Fsp3) is 0.211. The third-order valence-electron chi connectivity index (χ3n) is 3.78. The molecule has 5 nitrogen and oxygen atoms in total. The molecule has 0 bridgehead atoms. The van der Waals surface area contributed by atoms with Gasteiger partial charge in [0.05, 0.1) is 6.20 Å². The number of aromatic nitrogens is 3. The predicted molar refractivity (Wildman–Crippen MR) is 102 cm³/mol. The maximum absolute atomic E-state index is 12.9. The van der Waals surface area contributed by atoms with Gasteiger partial charge in [-0.05, 0) is 48.2 Å². The van der Waals surface area contributed by atoms with E-state index in [0.29, 0.717) is 24.9 Å². The molecule has 0 saturated carbocycles. The van der Waals surface area contributed by atoms with Crippen LogP contribution in [0.2, 0.25) is 5.02 Å². The first kappa shape index (κ1) is 18.1. The summed E-state index contributed by atoms with van der Waals surface area (Å²) in [5.41, 5.74) is 2.20. The lowest BCUT2D eigenvalue weighted by molar-refractivity contribution is 0.627. The van der Waals surface area contributed by atoms with Crippen LogP contribution in [0.15, 0.2) is 54.7 Å². The van der Waals surface area contributed by atoms with E-state index in [4.69, 9.17) is 11.6 Å². The van der Waals surface area contributed by atoms with Gasteiger partial charge in [-0.15, -0.1) is 5.10 Å². The van der Waals surface area contributed by atoms with E-state index >= 15 is 0 Å². The highest BCUT2D eigenvalue weighted by atomic mass is 35.5. The second-order valence-corrected chi connectivity index (χ2v) is 6.21. The topological polar surface area (TPSA) is 62.7 Å². The van der Waals surface area contributed by atoms with Gasteiger partial charge in [0.2, 0.25) is 5.95 Å². The Kier molecular flexibility index (Phi) is 6.33. The van der Waals surface area contributed by atoms with E-state index in [2.05, 4.69) is 25.8 Å². The first-order valence-corrected chi connectivity index (χ1v) is 8.73. The third kappa shape index (κ3) is 5.67. The van der Waals surface area contributed by atoms with Crippen molar-refractivity contribution in [1.29, 1.82) is 0 Å².